The van der Waals surface area contributed by atoms with Crippen molar-refractivity contribution in [2.45, 2.75) is 0 Å². The fraction of sp³-hybridized carbons (Fsp3) is 0. The van der Waals surface area contributed by atoms with Gasteiger partial charge in [-0.3, -0.25) is 0 Å². The summed E-state index contributed by atoms with van der Waals surface area (Å²) in [6.45, 7) is 0. The Morgan fingerprint density at radius 2 is 0.887 bits per heavy atom. The second-order valence-corrected chi connectivity index (χ2v) is 15.3. The summed E-state index contributed by atoms with van der Waals surface area (Å²) in [6.07, 6.45) is 0. The van der Waals surface area contributed by atoms with Crippen molar-refractivity contribution in [1.82, 2.24) is 4.98 Å². The van der Waals surface area contributed by atoms with Gasteiger partial charge in [-0.2, -0.15) is 0 Å². The second-order valence-electron chi connectivity index (χ2n) is 13.2. The summed E-state index contributed by atoms with van der Waals surface area (Å²) < 4.78 is 3.86. The monoisotopic (exact) mass is 712 g/mol. The van der Waals surface area contributed by atoms with E-state index in [0.29, 0.717) is 0 Å². The number of hydrogen-bond acceptors (Lipinski definition) is 4. The quantitative estimate of drug-likeness (QED) is 0.164. The van der Waals surface area contributed by atoms with Gasteiger partial charge in [0, 0.05) is 42.8 Å². The third-order valence-corrected chi connectivity index (χ3v) is 12.2. The number of benzene rings is 8. The molecule has 4 heteroatoms. The lowest BCUT2D eigenvalue weighted by atomic mass is 10.0. The number of thiazole rings is 1. The number of rotatable bonds is 7. The Balaban J connectivity index is 1.02. The molecule has 0 saturated heterocycles. The molecule has 2 heterocycles. The highest BCUT2D eigenvalue weighted by Crippen LogP contribution is 2.44. The van der Waals surface area contributed by atoms with Crippen molar-refractivity contribution >= 4 is 70.1 Å². The van der Waals surface area contributed by atoms with Crippen LogP contribution in [-0.4, -0.2) is 4.98 Å². The predicted molar refractivity (Wildman–Crippen MR) is 229 cm³/mol. The van der Waals surface area contributed by atoms with Gasteiger partial charge in [0.15, 0.2) is 0 Å². The zero-order valence-electron chi connectivity index (χ0n) is 28.7. The molecule has 0 amide bonds. The molecule has 10 aromatic rings. The summed E-state index contributed by atoms with van der Waals surface area (Å²) in [6, 6.07) is 69.7. The van der Waals surface area contributed by atoms with Crippen molar-refractivity contribution in [3.63, 3.8) is 0 Å². The molecule has 0 spiro atoms. The molecular formula is C49H32N2S2. The predicted octanol–water partition coefficient (Wildman–Crippen LogP) is 14.8. The second kappa shape index (κ2) is 13.3. The number of anilines is 3. The van der Waals surface area contributed by atoms with E-state index in [1.165, 1.54) is 63.8 Å². The molecule has 8 aromatic carbocycles. The molecule has 0 saturated carbocycles. The smallest absolute Gasteiger partial charge is 0.124 e. The van der Waals surface area contributed by atoms with Crippen LogP contribution in [0.2, 0.25) is 0 Å². The molecule has 0 aliphatic rings. The normalized spacial score (nSPS) is 11.4. The van der Waals surface area contributed by atoms with Gasteiger partial charge in [-0.15, -0.1) is 22.7 Å². The molecule has 0 aliphatic carbocycles. The summed E-state index contributed by atoms with van der Waals surface area (Å²) in [5.74, 6) is 0. The summed E-state index contributed by atoms with van der Waals surface area (Å²) in [5.41, 5.74) is 12.8. The third-order valence-electron chi connectivity index (χ3n) is 9.91. The van der Waals surface area contributed by atoms with E-state index >= 15 is 0 Å². The van der Waals surface area contributed by atoms with Crippen LogP contribution in [0.4, 0.5) is 17.1 Å². The minimum atomic E-state index is 1.06. The first kappa shape index (κ1) is 31.4. The van der Waals surface area contributed by atoms with Gasteiger partial charge >= 0.3 is 0 Å². The Labute approximate surface area is 316 Å². The lowest BCUT2D eigenvalue weighted by Crippen LogP contribution is -2.10. The first-order valence-electron chi connectivity index (χ1n) is 17.8. The van der Waals surface area contributed by atoms with Crippen LogP contribution < -0.4 is 4.90 Å². The van der Waals surface area contributed by atoms with E-state index in [1.807, 2.05) is 11.3 Å². The van der Waals surface area contributed by atoms with Crippen molar-refractivity contribution in [1.29, 1.82) is 0 Å². The van der Waals surface area contributed by atoms with E-state index in [-0.39, 0.29) is 0 Å². The largest absolute Gasteiger partial charge is 0.310 e. The van der Waals surface area contributed by atoms with Crippen LogP contribution in [0.5, 0.6) is 0 Å². The minimum absolute atomic E-state index is 1.06. The Bertz CT molecular complexity index is 2860. The Kier molecular flexibility index (Phi) is 7.90. The molecule has 2 nitrogen and oxygen atoms in total. The van der Waals surface area contributed by atoms with Gasteiger partial charge in [-0.1, -0.05) is 140 Å². The van der Waals surface area contributed by atoms with E-state index in [2.05, 4.69) is 199 Å². The highest BCUT2D eigenvalue weighted by molar-refractivity contribution is 7.28. The molecule has 0 N–H and O–H groups in total. The molecule has 0 unspecified atom stereocenters. The molecule has 10 rings (SSSR count). The fourth-order valence-electron chi connectivity index (χ4n) is 7.27. The highest BCUT2D eigenvalue weighted by Gasteiger charge is 2.17. The fourth-order valence-corrected chi connectivity index (χ4v) is 9.62. The average molecular weight is 713 g/mol. The first-order valence-corrected chi connectivity index (χ1v) is 19.4. The Morgan fingerprint density at radius 1 is 0.358 bits per heavy atom. The van der Waals surface area contributed by atoms with E-state index < -0.39 is 0 Å². The van der Waals surface area contributed by atoms with Gasteiger partial charge in [0.1, 0.15) is 5.01 Å². The standard InChI is InChI=1S/C49H32N2S2/c1-4-11-33(12-5-1)35-19-24-40(25-20-35)51(42-18-10-17-38(31-42)34-13-6-2-7-14-34)41-26-21-36(22-27-41)39-23-28-43-46(32-39)52-45-30-29-44-48(47(43)45)53-49(50-44)37-15-8-3-9-16-37/h1-32H. The summed E-state index contributed by atoms with van der Waals surface area (Å²) in [5, 5.41) is 3.68. The van der Waals surface area contributed by atoms with E-state index in [1.54, 1.807) is 11.3 Å². The number of hydrogen-bond donors (Lipinski definition) is 0. The van der Waals surface area contributed by atoms with Crippen molar-refractivity contribution in [2.75, 3.05) is 4.90 Å². The Hall–Kier alpha value is -6.33. The van der Waals surface area contributed by atoms with E-state index in [0.717, 1.165) is 27.6 Å². The topological polar surface area (TPSA) is 16.1 Å². The van der Waals surface area contributed by atoms with Crippen LogP contribution in [0.3, 0.4) is 0 Å². The van der Waals surface area contributed by atoms with Gasteiger partial charge in [-0.05, 0) is 88.0 Å². The molecule has 0 bridgehead atoms. The van der Waals surface area contributed by atoms with Crippen LogP contribution in [0.25, 0.3) is 74.3 Å². The maximum atomic E-state index is 5.01. The molecular weight excluding hydrogens is 681 g/mol. The summed E-state index contributed by atoms with van der Waals surface area (Å²) in [7, 11) is 0. The number of nitrogens with zero attached hydrogens (tertiary/aromatic N) is 2. The Morgan fingerprint density at radius 3 is 1.55 bits per heavy atom. The first-order chi connectivity index (χ1) is 26.2. The number of fused-ring (bicyclic) bond motifs is 5. The molecule has 0 fully saturated rings. The van der Waals surface area contributed by atoms with Crippen LogP contribution in [0.15, 0.2) is 194 Å². The molecule has 53 heavy (non-hydrogen) atoms. The zero-order chi connectivity index (χ0) is 35.1. The van der Waals surface area contributed by atoms with Gasteiger partial charge in [-0.25, -0.2) is 4.98 Å². The molecule has 2 aromatic heterocycles. The van der Waals surface area contributed by atoms with Gasteiger partial charge < -0.3 is 4.90 Å². The maximum absolute atomic E-state index is 5.01. The third kappa shape index (κ3) is 5.88. The van der Waals surface area contributed by atoms with Crippen molar-refractivity contribution < 1.29 is 0 Å². The number of thiophene rings is 1. The highest BCUT2D eigenvalue weighted by atomic mass is 32.1. The molecule has 0 aliphatic heterocycles. The lowest BCUT2D eigenvalue weighted by molar-refractivity contribution is 1.28. The van der Waals surface area contributed by atoms with Gasteiger partial charge in [0.05, 0.1) is 10.2 Å². The lowest BCUT2D eigenvalue weighted by Gasteiger charge is -2.26. The molecule has 250 valence electrons. The number of aromatic nitrogens is 1. The zero-order valence-corrected chi connectivity index (χ0v) is 30.3. The molecule has 0 radical (unpaired) electrons. The minimum Gasteiger partial charge on any atom is -0.310 e. The van der Waals surface area contributed by atoms with Crippen molar-refractivity contribution in [2.24, 2.45) is 0 Å². The van der Waals surface area contributed by atoms with E-state index in [9.17, 15) is 0 Å². The SMILES string of the molecule is c1ccc(-c2ccc(N(c3ccc(-c4ccc5c(c4)sc4ccc6nc(-c7ccccc7)sc6c45)cc3)c3cccc(-c4ccccc4)c3)cc2)cc1. The maximum Gasteiger partial charge on any atom is 0.124 e. The van der Waals surface area contributed by atoms with Crippen LogP contribution in [0.1, 0.15) is 0 Å². The van der Waals surface area contributed by atoms with Crippen molar-refractivity contribution in [3.8, 4) is 44.0 Å². The van der Waals surface area contributed by atoms with Crippen LogP contribution in [-0.2, 0) is 0 Å². The van der Waals surface area contributed by atoms with Crippen molar-refractivity contribution in [3.05, 3.63) is 194 Å². The van der Waals surface area contributed by atoms with E-state index in [4.69, 9.17) is 4.98 Å². The van der Waals surface area contributed by atoms with Gasteiger partial charge in [0.2, 0.25) is 0 Å². The average Bonchev–Trinajstić information content (AvgIpc) is 3.84. The van der Waals surface area contributed by atoms with Gasteiger partial charge in [0.25, 0.3) is 0 Å². The summed E-state index contributed by atoms with van der Waals surface area (Å²) in [4.78, 5) is 7.36. The van der Waals surface area contributed by atoms with Crippen LogP contribution >= 0.6 is 22.7 Å². The van der Waals surface area contributed by atoms with Crippen LogP contribution in [0, 0.1) is 0 Å². The molecule has 0 atom stereocenters. The summed E-state index contributed by atoms with van der Waals surface area (Å²) >= 11 is 3.65.